The van der Waals surface area contributed by atoms with Crippen molar-refractivity contribution in [2.75, 3.05) is 0 Å². The highest BCUT2D eigenvalue weighted by molar-refractivity contribution is 6.29. The van der Waals surface area contributed by atoms with Crippen LogP contribution >= 0.6 is 11.6 Å². The number of alkyl halides is 6. The Hall–Kier alpha value is -5.17. The van der Waals surface area contributed by atoms with E-state index in [1.54, 1.807) is 12.1 Å². The molecule has 0 amide bonds. The van der Waals surface area contributed by atoms with Gasteiger partial charge in [-0.05, 0) is 37.3 Å². The minimum Gasteiger partial charge on any atom is -0.437 e. The van der Waals surface area contributed by atoms with Crippen LogP contribution in [0.2, 0.25) is 5.15 Å². The van der Waals surface area contributed by atoms with Crippen molar-refractivity contribution in [3.8, 4) is 34.1 Å². The van der Waals surface area contributed by atoms with Crippen molar-refractivity contribution < 1.29 is 31.1 Å². The molecule has 0 unspecified atom stereocenters. The summed E-state index contributed by atoms with van der Waals surface area (Å²) in [5.41, 5.74) is 2.07. The second kappa shape index (κ2) is 12.8. The molecule has 0 fully saturated rings. The van der Waals surface area contributed by atoms with E-state index in [1.165, 1.54) is 49.3 Å². The van der Waals surface area contributed by atoms with Crippen LogP contribution in [-0.4, -0.2) is 29.9 Å². The standard InChI is InChI=1S/C20H13F3N4O.C11H6ClF3N2/c1-12-15-3-2-4-17(19(15)27-10-24-12)28-18-9-16(25-11-26-18)13-5-7-14(8-6-13)20(21,22)23;12-10-5-9(16-6-17-10)7-1-3-8(4-2-7)11(13,14)15/h2-11H,1H3;1-6H. The van der Waals surface area contributed by atoms with Crippen molar-refractivity contribution in [3.63, 3.8) is 0 Å². The van der Waals surface area contributed by atoms with E-state index in [2.05, 4.69) is 29.9 Å². The smallest absolute Gasteiger partial charge is 0.416 e. The van der Waals surface area contributed by atoms with Gasteiger partial charge in [-0.3, -0.25) is 0 Å². The molecule has 0 aliphatic rings. The minimum absolute atomic E-state index is 0.245. The van der Waals surface area contributed by atoms with Gasteiger partial charge in [-0.25, -0.2) is 29.9 Å². The van der Waals surface area contributed by atoms with E-state index in [0.29, 0.717) is 33.8 Å². The number of benzene rings is 3. The average Bonchev–Trinajstić information content (AvgIpc) is 3.01. The largest absolute Gasteiger partial charge is 0.437 e. The molecule has 3 aromatic carbocycles. The predicted octanol–water partition coefficient (Wildman–Crippen LogP) is 9.02. The number of para-hydroxylation sites is 1. The Morgan fingerprint density at radius 2 is 1.13 bits per heavy atom. The Bertz CT molecular complexity index is 1930. The van der Waals surface area contributed by atoms with Gasteiger partial charge in [0.05, 0.1) is 22.5 Å². The van der Waals surface area contributed by atoms with Gasteiger partial charge in [0.1, 0.15) is 29.7 Å². The first-order valence-corrected chi connectivity index (χ1v) is 13.3. The maximum absolute atomic E-state index is 12.7. The second-order valence-corrected chi connectivity index (χ2v) is 9.72. The van der Waals surface area contributed by atoms with E-state index in [0.717, 1.165) is 35.3 Å². The summed E-state index contributed by atoms with van der Waals surface area (Å²) in [5, 5.41) is 1.10. The first-order chi connectivity index (χ1) is 21.4. The van der Waals surface area contributed by atoms with E-state index in [4.69, 9.17) is 16.3 Å². The molecule has 45 heavy (non-hydrogen) atoms. The molecule has 0 bridgehead atoms. The van der Waals surface area contributed by atoms with E-state index in [9.17, 15) is 26.3 Å². The van der Waals surface area contributed by atoms with Crippen molar-refractivity contribution in [1.29, 1.82) is 0 Å². The van der Waals surface area contributed by atoms with Gasteiger partial charge in [0.25, 0.3) is 0 Å². The lowest BCUT2D eigenvalue weighted by Gasteiger charge is -2.10. The lowest BCUT2D eigenvalue weighted by atomic mass is 10.1. The van der Waals surface area contributed by atoms with Crippen molar-refractivity contribution in [3.05, 3.63) is 120 Å². The number of aryl methyl sites for hydroxylation is 1. The molecule has 0 aliphatic carbocycles. The van der Waals surface area contributed by atoms with Crippen molar-refractivity contribution in [1.82, 2.24) is 29.9 Å². The summed E-state index contributed by atoms with van der Waals surface area (Å²) in [6.45, 7) is 1.88. The van der Waals surface area contributed by atoms with Crippen molar-refractivity contribution >= 4 is 22.5 Å². The maximum atomic E-state index is 12.7. The second-order valence-electron chi connectivity index (χ2n) is 9.33. The third kappa shape index (κ3) is 7.68. The van der Waals surface area contributed by atoms with Gasteiger partial charge in [-0.2, -0.15) is 26.3 Å². The predicted molar refractivity (Wildman–Crippen MR) is 154 cm³/mol. The number of hydrogen-bond donors (Lipinski definition) is 0. The fraction of sp³-hybridized carbons (Fsp3) is 0.0968. The highest BCUT2D eigenvalue weighted by Crippen LogP contribution is 2.33. The fourth-order valence-electron chi connectivity index (χ4n) is 4.09. The zero-order valence-corrected chi connectivity index (χ0v) is 23.7. The minimum atomic E-state index is -4.38. The molecule has 6 aromatic rings. The van der Waals surface area contributed by atoms with Crippen LogP contribution in [0.1, 0.15) is 16.8 Å². The third-order valence-corrected chi connectivity index (χ3v) is 6.54. The number of rotatable bonds is 4. The Balaban J connectivity index is 0.000000201. The SMILES string of the molecule is Cc1ncnc2c(Oc3cc(-c4ccc(C(F)(F)F)cc4)ncn3)cccc12.FC(F)(F)c1ccc(-c2cc(Cl)ncn2)cc1. The molecule has 0 atom stereocenters. The molecule has 228 valence electrons. The Kier molecular flexibility index (Phi) is 8.91. The molecule has 6 rings (SSSR count). The molecule has 7 nitrogen and oxygen atoms in total. The number of halogens is 7. The van der Waals surface area contributed by atoms with Gasteiger partial charge < -0.3 is 4.74 Å². The first-order valence-electron chi connectivity index (χ1n) is 12.9. The molecule has 3 aromatic heterocycles. The molecule has 3 heterocycles. The summed E-state index contributed by atoms with van der Waals surface area (Å²) in [5.74, 6) is 0.758. The van der Waals surface area contributed by atoms with E-state index in [-0.39, 0.29) is 11.0 Å². The van der Waals surface area contributed by atoms with Crippen LogP contribution in [0.15, 0.2) is 97.8 Å². The molecule has 0 radical (unpaired) electrons. The van der Waals surface area contributed by atoms with Gasteiger partial charge in [-0.1, -0.05) is 48.0 Å². The summed E-state index contributed by atoms with van der Waals surface area (Å²) in [7, 11) is 0. The average molecular weight is 641 g/mol. The Morgan fingerprint density at radius 1 is 0.600 bits per heavy atom. The summed E-state index contributed by atoms with van der Waals surface area (Å²) in [4.78, 5) is 24.3. The molecule has 0 saturated carbocycles. The van der Waals surface area contributed by atoms with Gasteiger partial charge in [0.2, 0.25) is 5.88 Å². The quantitative estimate of drug-likeness (QED) is 0.140. The van der Waals surface area contributed by atoms with Crippen LogP contribution in [-0.2, 0) is 12.4 Å². The molecular formula is C31H19ClF6N6O. The third-order valence-electron chi connectivity index (χ3n) is 6.33. The molecular weight excluding hydrogens is 622 g/mol. The highest BCUT2D eigenvalue weighted by Gasteiger charge is 2.30. The summed E-state index contributed by atoms with van der Waals surface area (Å²) in [6.07, 6.45) is -4.70. The monoisotopic (exact) mass is 640 g/mol. The van der Waals surface area contributed by atoms with Crippen LogP contribution in [0.4, 0.5) is 26.3 Å². The number of aromatic nitrogens is 6. The fourth-order valence-corrected chi connectivity index (χ4v) is 4.24. The summed E-state index contributed by atoms with van der Waals surface area (Å²) in [6, 6.07) is 18.0. The number of ether oxygens (including phenoxy) is 1. The van der Waals surface area contributed by atoms with E-state index < -0.39 is 23.5 Å². The van der Waals surface area contributed by atoms with Gasteiger partial charge >= 0.3 is 12.4 Å². The molecule has 14 heteroatoms. The Morgan fingerprint density at radius 3 is 1.69 bits per heavy atom. The molecule has 0 aliphatic heterocycles. The molecule has 0 spiro atoms. The van der Waals surface area contributed by atoms with Gasteiger partial charge in [-0.15, -0.1) is 0 Å². The Labute approximate surface area is 256 Å². The lowest BCUT2D eigenvalue weighted by molar-refractivity contribution is -0.138. The number of hydrogen-bond acceptors (Lipinski definition) is 7. The van der Waals surface area contributed by atoms with Gasteiger partial charge in [0, 0.05) is 34.3 Å². The van der Waals surface area contributed by atoms with Crippen LogP contribution in [0.25, 0.3) is 33.4 Å². The topological polar surface area (TPSA) is 86.6 Å². The van der Waals surface area contributed by atoms with E-state index in [1.807, 2.05) is 19.1 Å². The lowest BCUT2D eigenvalue weighted by Crippen LogP contribution is -2.04. The number of nitrogens with zero attached hydrogens (tertiary/aromatic N) is 6. The summed E-state index contributed by atoms with van der Waals surface area (Å²) < 4.78 is 81.1. The highest BCUT2D eigenvalue weighted by atomic mass is 35.5. The zero-order chi connectivity index (χ0) is 32.2. The van der Waals surface area contributed by atoms with Crippen LogP contribution < -0.4 is 4.74 Å². The number of fused-ring (bicyclic) bond motifs is 1. The van der Waals surface area contributed by atoms with Crippen LogP contribution in [0.5, 0.6) is 11.6 Å². The van der Waals surface area contributed by atoms with E-state index >= 15 is 0 Å². The van der Waals surface area contributed by atoms with Crippen molar-refractivity contribution in [2.45, 2.75) is 19.3 Å². The van der Waals surface area contributed by atoms with Crippen molar-refractivity contribution in [2.24, 2.45) is 0 Å². The summed E-state index contributed by atoms with van der Waals surface area (Å²) >= 11 is 5.67. The first kappa shape index (κ1) is 31.3. The normalized spacial score (nSPS) is 11.6. The molecule has 0 saturated heterocycles. The van der Waals surface area contributed by atoms with Crippen LogP contribution in [0.3, 0.4) is 0 Å². The maximum Gasteiger partial charge on any atom is 0.416 e. The van der Waals surface area contributed by atoms with Crippen LogP contribution in [0, 0.1) is 6.92 Å². The molecule has 0 N–H and O–H groups in total. The van der Waals surface area contributed by atoms with Gasteiger partial charge in [0.15, 0.2) is 5.75 Å². The zero-order valence-electron chi connectivity index (χ0n) is 23.0.